The smallest absolute Gasteiger partial charge is 0.265 e. The maximum absolute atomic E-state index is 13.4. The normalized spacial score (nSPS) is 14.0. The summed E-state index contributed by atoms with van der Waals surface area (Å²) in [6.45, 7) is 5.52. The molecule has 10 heteroatoms. The Morgan fingerprint density at radius 3 is 2.50 bits per heavy atom. The summed E-state index contributed by atoms with van der Waals surface area (Å²) in [5.74, 6) is 0.332. The van der Waals surface area contributed by atoms with E-state index in [4.69, 9.17) is 9.47 Å². The minimum absolute atomic E-state index is 0.0496. The molecule has 0 unspecified atom stereocenters. The second-order valence-electron chi connectivity index (χ2n) is 7.35. The van der Waals surface area contributed by atoms with Gasteiger partial charge in [0, 0.05) is 44.4 Å². The van der Waals surface area contributed by atoms with E-state index >= 15 is 0 Å². The molecule has 1 fully saturated rings. The molecule has 1 heterocycles. The van der Waals surface area contributed by atoms with Gasteiger partial charge in [-0.1, -0.05) is 6.92 Å². The number of hydrogen-bond donors (Lipinski definition) is 3. The maximum atomic E-state index is 13.4. The number of nitrogens with one attached hydrogen (secondary N) is 3. The topological polar surface area (TPSA) is 109 Å². The van der Waals surface area contributed by atoms with Gasteiger partial charge in [0.2, 0.25) is 0 Å². The third-order valence-electron chi connectivity index (χ3n) is 5.16. The van der Waals surface area contributed by atoms with E-state index in [-0.39, 0.29) is 16.6 Å². The Hall–Kier alpha value is -2.98. The number of anilines is 2. The van der Waals surface area contributed by atoms with Gasteiger partial charge in [0.25, 0.3) is 15.9 Å². The first kappa shape index (κ1) is 23.7. The number of amides is 1. The van der Waals surface area contributed by atoms with Crippen LogP contribution in [0.25, 0.3) is 0 Å². The molecule has 9 nitrogen and oxygen atoms in total. The van der Waals surface area contributed by atoms with Crippen LogP contribution < -0.4 is 29.7 Å². The van der Waals surface area contributed by atoms with E-state index in [1.165, 1.54) is 20.3 Å². The van der Waals surface area contributed by atoms with Crippen LogP contribution in [0.2, 0.25) is 0 Å². The number of rotatable bonds is 9. The first-order valence-corrected chi connectivity index (χ1v) is 12.0. The number of ether oxygens (including phenoxy) is 2. The zero-order valence-electron chi connectivity index (χ0n) is 18.6. The molecule has 2 aromatic carbocycles. The Morgan fingerprint density at radius 2 is 1.84 bits per heavy atom. The van der Waals surface area contributed by atoms with E-state index in [9.17, 15) is 13.2 Å². The lowest BCUT2D eigenvalue weighted by Gasteiger charge is -2.31. The molecule has 0 radical (unpaired) electrons. The minimum Gasteiger partial charge on any atom is -0.497 e. The van der Waals surface area contributed by atoms with Crippen LogP contribution in [-0.4, -0.2) is 61.3 Å². The Balaban J connectivity index is 2.02. The molecule has 1 aliphatic heterocycles. The van der Waals surface area contributed by atoms with Crippen molar-refractivity contribution in [3.8, 4) is 11.5 Å². The van der Waals surface area contributed by atoms with E-state index < -0.39 is 10.0 Å². The number of carbonyl (C=O) groups is 1. The van der Waals surface area contributed by atoms with Crippen LogP contribution in [0.4, 0.5) is 11.4 Å². The Kier molecular flexibility index (Phi) is 7.81. The third kappa shape index (κ3) is 5.43. The molecule has 0 aliphatic carbocycles. The maximum Gasteiger partial charge on any atom is 0.265 e. The lowest BCUT2D eigenvalue weighted by Crippen LogP contribution is -2.43. The molecule has 2 aromatic rings. The van der Waals surface area contributed by atoms with E-state index in [0.29, 0.717) is 29.2 Å². The van der Waals surface area contributed by atoms with Crippen LogP contribution in [0.3, 0.4) is 0 Å². The molecular weight excluding hydrogens is 432 g/mol. The van der Waals surface area contributed by atoms with Gasteiger partial charge < -0.3 is 25.0 Å². The molecule has 3 N–H and O–H groups in total. The fourth-order valence-electron chi connectivity index (χ4n) is 3.47. The summed E-state index contributed by atoms with van der Waals surface area (Å²) < 4.78 is 39.8. The van der Waals surface area contributed by atoms with Crippen molar-refractivity contribution in [2.75, 3.05) is 56.6 Å². The lowest BCUT2D eigenvalue weighted by atomic mass is 10.1. The number of methoxy groups -OCH3 is 2. The average molecular weight is 463 g/mol. The van der Waals surface area contributed by atoms with E-state index in [2.05, 4.69) is 20.3 Å². The van der Waals surface area contributed by atoms with Crippen molar-refractivity contribution in [1.82, 2.24) is 10.6 Å². The highest BCUT2D eigenvalue weighted by molar-refractivity contribution is 7.92. The number of sulfonamides is 1. The SMILES string of the molecule is CCCNC(=O)c1ccc(N2CCNCC2)c(NS(=O)(=O)c2cc(OC)ccc2OC)c1. The Morgan fingerprint density at radius 1 is 1.09 bits per heavy atom. The van der Waals surface area contributed by atoms with Gasteiger partial charge in [0.05, 0.1) is 25.6 Å². The van der Waals surface area contributed by atoms with Crippen molar-refractivity contribution < 1.29 is 22.7 Å². The second-order valence-corrected chi connectivity index (χ2v) is 9.00. The van der Waals surface area contributed by atoms with Gasteiger partial charge in [-0.2, -0.15) is 0 Å². The minimum atomic E-state index is -4.04. The summed E-state index contributed by atoms with van der Waals surface area (Å²) >= 11 is 0. The van der Waals surface area contributed by atoms with Gasteiger partial charge in [0.15, 0.2) is 0 Å². The molecule has 0 spiro atoms. The van der Waals surface area contributed by atoms with Gasteiger partial charge in [-0.05, 0) is 36.8 Å². The molecule has 3 rings (SSSR count). The van der Waals surface area contributed by atoms with Crippen molar-refractivity contribution in [2.45, 2.75) is 18.2 Å². The zero-order chi connectivity index (χ0) is 23.1. The van der Waals surface area contributed by atoms with Gasteiger partial charge in [-0.25, -0.2) is 8.42 Å². The average Bonchev–Trinajstić information content (AvgIpc) is 2.82. The van der Waals surface area contributed by atoms with Crippen LogP contribution >= 0.6 is 0 Å². The van der Waals surface area contributed by atoms with Crippen molar-refractivity contribution in [3.63, 3.8) is 0 Å². The summed E-state index contributed by atoms with van der Waals surface area (Å²) in [6, 6.07) is 9.65. The number of piperazine rings is 1. The Labute approximate surface area is 189 Å². The summed E-state index contributed by atoms with van der Waals surface area (Å²) in [7, 11) is -1.17. The largest absolute Gasteiger partial charge is 0.497 e. The van der Waals surface area contributed by atoms with Crippen LogP contribution in [-0.2, 0) is 10.0 Å². The predicted molar refractivity (Wildman–Crippen MR) is 125 cm³/mol. The van der Waals surface area contributed by atoms with E-state index in [1.807, 2.05) is 6.92 Å². The predicted octanol–water partition coefficient (Wildman–Crippen LogP) is 2.05. The highest BCUT2D eigenvalue weighted by atomic mass is 32.2. The molecule has 1 amide bonds. The molecule has 0 bridgehead atoms. The Bertz CT molecular complexity index is 1050. The zero-order valence-corrected chi connectivity index (χ0v) is 19.4. The molecule has 174 valence electrons. The fourth-order valence-corrected chi connectivity index (χ4v) is 4.73. The summed E-state index contributed by atoms with van der Waals surface area (Å²) in [4.78, 5) is 14.6. The van der Waals surface area contributed by atoms with Gasteiger partial charge in [0.1, 0.15) is 16.4 Å². The van der Waals surface area contributed by atoms with Crippen molar-refractivity contribution in [3.05, 3.63) is 42.0 Å². The van der Waals surface area contributed by atoms with Crippen LogP contribution in [0.5, 0.6) is 11.5 Å². The van der Waals surface area contributed by atoms with E-state index in [0.717, 1.165) is 32.6 Å². The summed E-state index contributed by atoms with van der Waals surface area (Å²) in [5, 5.41) is 6.11. The first-order chi connectivity index (χ1) is 15.4. The molecule has 0 aromatic heterocycles. The van der Waals surface area contributed by atoms with Gasteiger partial charge in [-0.3, -0.25) is 9.52 Å². The molecule has 1 saturated heterocycles. The molecule has 1 aliphatic rings. The molecule has 0 saturated carbocycles. The number of hydrogen-bond acceptors (Lipinski definition) is 7. The number of carbonyl (C=O) groups excluding carboxylic acids is 1. The molecular formula is C22H30N4O5S. The van der Waals surface area contributed by atoms with Gasteiger partial charge >= 0.3 is 0 Å². The van der Waals surface area contributed by atoms with Crippen molar-refractivity contribution >= 4 is 27.3 Å². The molecule has 0 atom stereocenters. The summed E-state index contributed by atoms with van der Waals surface area (Å²) in [5.41, 5.74) is 1.43. The van der Waals surface area contributed by atoms with Crippen molar-refractivity contribution in [2.24, 2.45) is 0 Å². The standard InChI is InChI=1S/C22H30N4O5S/c1-4-9-24-22(27)16-5-7-19(26-12-10-23-11-13-26)18(14-16)25-32(28,29)21-15-17(30-2)6-8-20(21)31-3/h5-8,14-15,23,25H,4,9-13H2,1-3H3,(H,24,27). The van der Waals surface area contributed by atoms with Crippen molar-refractivity contribution in [1.29, 1.82) is 0 Å². The highest BCUT2D eigenvalue weighted by Gasteiger charge is 2.24. The number of benzene rings is 2. The van der Waals surface area contributed by atoms with Crippen LogP contribution in [0.15, 0.2) is 41.3 Å². The van der Waals surface area contributed by atoms with Crippen LogP contribution in [0, 0.1) is 0 Å². The summed E-state index contributed by atoms with van der Waals surface area (Å²) in [6.07, 6.45) is 0.805. The highest BCUT2D eigenvalue weighted by Crippen LogP contribution is 2.33. The number of nitrogens with zero attached hydrogens (tertiary/aromatic N) is 1. The van der Waals surface area contributed by atoms with Gasteiger partial charge in [-0.15, -0.1) is 0 Å². The lowest BCUT2D eigenvalue weighted by molar-refractivity contribution is 0.0953. The fraction of sp³-hybridized carbons (Fsp3) is 0.409. The first-order valence-electron chi connectivity index (χ1n) is 10.5. The third-order valence-corrected chi connectivity index (χ3v) is 6.54. The monoisotopic (exact) mass is 462 g/mol. The second kappa shape index (κ2) is 10.6. The van der Waals surface area contributed by atoms with E-state index in [1.54, 1.807) is 30.3 Å². The quantitative estimate of drug-likeness (QED) is 0.523. The molecule has 32 heavy (non-hydrogen) atoms. The van der Waals surface area contributed by atoms with Crippen LogP contribution in [0.1, 0.15) is 23.7 Å².